The normalized spacial score (nSPS) is 9.88. The Morgan fingerprint density at radius 1 is 1.50 bits per heavy atom. The number of carbonyl (C=O) groups is 1. The second kappa shape index (κ2) is 6.23. The summed E-state index contributed by atoms with van der Waals surface area (Å²) in [7, 11) is 0. The van der Waals surface area contributed by atoms with Crippen LogP contribution in [0.2, 0.25) is 5.02 Å². The highest BCUT2D eigenvalue weighted by molar-refractivity contribution is 6.34. The molecule has 0 fully saturated rings. The minimum absolute atomic E-state index is 0.284. The maximum atomic E-state index is 11.5. The summed E-state index contributed by atoms with van der Waals surface area (Å²) >= 11 is 5.91. The lowest BCUT2D eigenvalue weighted by molar-refractivity contribution is 0.252. The van der Waals surface area contributed by atoms with Crippen molar-refractivity contribution in [3.05, 3.63) is 23.2 Å². The number of hydrogen-bond acceptors (Lipinski definition) is 2. The summed E-state index contributed by atoms with van der Waals surface area (Å²) in [5.74, 6) is 0. The Morgan fingerprint density at radius 3 is 2.88 bits per heavy atom. The van der Waals surface area contributed by atoms with Gasteiger partial charge in [0.15, 0.2) is 0 Å². The van der Waals surface area contributed by atoms with E-state index >= 15 is 0 Å². The molecule has 1 aromatic carbocycles. The van der Waals surface area contributed by atoms with Crippen LogP contribution in [0.3, 0.4) is 0 Å². The number of unbranched alkanes of at least 4 members (excludes halogenated alkanes) is 1. The van der Waals surface area contributed by atoms with Crippen molar-refractivity contribution in [3.63, 3.8) is 0 Å². The lowest BCUT2D eigenvalue weighted by atomic mass is 10.2. The van der Waals surface area contributed by atoms with Crippen LogP contribution in [-0.2, 0) is 0 Å². The Morgan fingerprint density at radius 2 is 2.25 bits per heavy atom. The van der Waals surface area contributed by atoms with Crippen molar-refractivity contribution < 1.29 is 4.79 Å². The monoisotopic (exact) mass is 241 g/mol. The number of hydrogen-bond donors (Lipinski definition) is 3. The number of para-hydroxylation sites is 1. The van der Waals surface area contributed by atoms with Gasteiger partial charge in [-0.3, -0.25) is 0 Å². The van der Waals surface area contributed by atoms with Gasteiger partial charge in [-0.1, -0.05) is 31.0 Å². The molecule has 0 spiro atoms. The highest BCUT2D eigenvalue weighted by Gasteiger charge is 2.07. The number of carbonyl (C=O) groups excluding carboxylic acids is 1. The van der Waals surface area contributed by atoms with Gasteiger partial charge in [-0.25, -0.2) is 4.79 Å². The number of nitrogens with one attached hydrogen (secondary N) is 2. The van der Waals surface area contributed by atoms with Crippen LogP contribution in [0.25, 0.3) is 0 Å². The largest absolute Gasteiger partial charge is 0.397 e. The minimum atomic E-state index is -0.284. The van der Waals surface area contributed by atoms with Gasteiger partial charge in [0.25, 0.3) is 0 Å². The quantitative estimate of drug-likeness (QED) is 0.561. The van der Waals surface area contributed by atoms with E-state index in [9.17, 15) is 4.79 Å². The molecule has 0 aliphatic rings. The molecule has 2 amide bonds. The third kappa shape index (κ3) is 3.62. The number of rotatable bonds is 4. The molecule has 0 saturated heterocycles. The Labute approximate surface area is 100 Å². The Bertz CT molecular complexity index is 348. The van der Waals surface area contributed by atoms with Gasteiger partial charge in [0, 0.05) is 6.54 Å². The summed E-state index contributed by atoms with van der Waals surface area (Å²) in [4.78, 5) is 11.5. The first kappa shape index (κ1) is 12.6. The number of benzene rings is 1. The third-order valence-corrected chi connectivity index (χ3v) is 2.42. The summed E-state index contributed by atoms with van der Waals surface area (Å²) in [6, 6.07) is 4.82. The fraction of sp³-hybridized carbons (Fsp3) is 0.364. The van der Waals surface area contributed by atoms with Crippen LogP contribution in [0.5, 0.6) is 0 Å². The molecule has 4 N–H and O–H groups in total. The standard InChI is InChI=1S/C11H16ClN3O/c1-2-3-7-14-11(16)15-10-8(12)5-4-6-9(10)13/h4-6H,2-3,7,13H2,1H3,(H2,14,15,16). The van der Waals surface area contributed by atoms with Crippen molar-refractivity contribution in [2.45, 2.75) is 19.8 Å². The van der Waals surface area contributed by atoms with Gasteiger partial charge in [-0.15, -0.1) is 0 Å². The zero-order chi connectivity index (χ0) is 12.0. The molecule has 0 aliphatic heterocycles. The molecule has 0 heterocycles. The molecule has 0 radical (unpaired) electrons. The first-order valence-corrected chi connectivity index (χ1v) is 5.61. The van der Waals surface area contributed by atoms with Crippen molar-refractivity contribution in [2.24, 2.45) is 0 Å². The number of nitrogen functional groups attached to an aromatic ring is 1. The van der Waals surface area contributed by atoms with E-state index in [-0.39, 0.29) is 6.03 Å². The van der Waals surface area contributed by atoms with Gasteiger partial charge in [0.2, 0.25) is 0 Å². The summed E-state index contributed by atoms with van der Waals surface area (Å²) in [5.41, 5.74) is 6.61. The molecule has 88 valence electrons. The van der Waals surface area contributed by atoms with Gasteiger partial charge in [0.1, 0.15) is 0 Å². The van der Waals surface area contributed by atoms with E-state index in [4.69, 9.17) is 17.3 Å². The van der Waals surface area contributed by atoms with E-state index in [1.165, 1.54) is 0 Å². The van der Waals surface area contributed by atoms with Crippen molar-refractivity contribution in [3.8, 4) is 0 Å². The van der Waals surface area contributed by atoms with Crippen molar-refractivity contribution in [1.29, 1.82) is 0 Å². The first-order chi connectivity index (χ1) is 7.65. The highest BCUT2D eigenvalue weighted by atomic mass is 35.5. The maximum Gasteiger partial charge on any atom is 0.319 e. The van der Waals surface area contributed by atoms with Gasteiger partial charge in [-0.2, -0.15) is 0 Å². The number of nitrogens with two attached hydrogens (primary N) is 1. The predicted molar refractivity (Wildman–Crippen MR) is 67.8 cm³/mol. The Balaban J connectivity index is 2.56. The average Bonchev–Trinajstić information content (AvgIpc) is 2.24. The van der Waals surface area contributed by atoms with Crippen LogP contribution >= 0.6 is 11.6 Å². The van der Waals surface area contributed by atoms with Gasteiger partial charge in [0.05, 0.1) is 16.4 Å². The van der Waals surface area contributed by atoms with Crippen molar-refractivity contribution >= 4 is 29.0 Å². The SMILES string of the molecule is CCCCNC(=O)Nc1c(N)cccc1Cl. The summed E-state index contributed by atoms with van der Waals surface area (Å²) < 4.78 is 0. The predicted octanol–water partition coefficient (Wildman–Crippen LogP) is 2.84. The molecule has 16 heavy (non-hydrogen) atoms. The molecule has 0 atom stereocenters. The zero-order valence-electron chi connectivity index (χ0n) is 9.22. The molecule has 0 saturated carbocycles. The van der Waals surface area contributed by atoms with Gasteiger partial charge >= 0.3 is 6.03 Å². The van der Waals surface area contributed by atoms with E-state index < -0.39 is 0 Å². The van der Waals surface area contributed by atoms with E-state index in [1.807, 2.05) is 0 Å². The number of urea groups is 1. The second-order valence-electron chi connectivity index (χ2n) is 3.44. The van der Waals surface area contributed by atoms with Crippen LogP contribution < -0.4 is 16.4 Å². The van der Waals surface area contributed by atoms with Crippen molar-refractivity contribution in [2.75, 3.05) is 17.6 Å². The smallest absolute Gasteiger partial charge is 0.319 e. The lowest BCUT2D eigenvalue weighted by Crippen LogP contribution is -2.29. The lowest BCUT2D eigenvalue weighted by Gasteiger charge is -2.10. The van der Waals surface area contributed by atoms with Crippen LogP contribution in [-0.4, -0.2) is 12.6 Å². The topological polar surface area (TPSA) is 67.2 Å². The molecule has 1 aromatic rings. The molecule has 5 heteroatoms. The van der Waals surface area contributed by atoms with Crippen LogP contribution in [0, 0.1) is 0 Å². The van der Waals surface area contributed by atoms with Crippen molar-refractivity contribution in [1.82, 2.24) is 5.32 Å². The molecule has 0 aromatic heterocycles. The first-order valence-electron chi connectivity index (χ1n) is 5.24. The molecular weight excluding hydrogens is 226 g/mol. The maximum absolute atomic E-state index is 11.5. The van der Waals surface area contributed by atoms with E-state index in [1.54, 1.807) is 18.2 Å². The summed E-state index contributed by atoms with van der Waals surface area (Å²) in [6.07, 6.45) is 1.99. The van der Waals surface area contributed by atoms with Crippen LogP contribution in [0.4, 0.5) is 16.2 Å². The van der Waals surface area contributed by atoms with E-state index in [0.29, 0.717) is 22.9 Å². The molecule has 0 unspecified atom stereocenters. The molecule has 0 bridgehead atoms. The van der Waals surface area contributed by atoms with Gasteiger partial charge < -0.3 is 16.4 Å². The number of anilines is 2. The average molecular weight is 242 g/mol. The zero-order valence-corrected chi connectivity index (χ0v) is 9.97. The van der Waals surface area contributed by atoms with Crippen LogP contribution in [0.1, 0.15) is 19.8 Å². The molecule has 0 aliphatic carbocycles. The third-order valence-electron chi connectivity index (χ3n) is 2.10. The van der Waals surface area contributed by atoms with E-state index in [2.05, 4.69) is 17.6 Å². The fourth-order valence-electron chi connectivity index (χ4n) is 1.21. The second-order valence-corrected chi connectivity index (χ2v) is 3.85. The van der Waals surface area contributed by atoms with Crippen LogP contribution in [0.15, 0.2) is 18.2 Å². The number of amides is 2. The fourth-order valence-corrected chi connectivity index (χ4v) is 1.44. The highest BCUT2D eigenvalue weighted by Crippen LogP contribution is 2.27. The molecular formula is C11H16ClN3O. The molecule has 4 nitrogen and oxygen atoms in total. The Kier molecular flexibility index (Phi) is 4.92. The minimum Gasteiger partial charge on any atom is -0.397 e. The Hall–Kier alpha value is -1.42. The summed E-state index contributed by atoms with van der Waals surface area (Å²) in [6.45, 7) is 2.71. The number of halogens is 1. The summed E-state index contributed by atoms with van der Waals surface area (Å²) in [5, 5.41) is 5.79. The molecule has 1 rings (SSSR count). The van der Waals surface area contributed by atoms with E-state index in [0.717, 1.165) is 12.8 Å². The van der Waals surface area contributed by atoms with Gasteiger partial charge in [-0.05, 0) is 18.6 Å².